The van der Waals surface area contributed by atoms with Gasteiger partial charge in [0.25, 0.3) is 0 Å². The maximum atomic E-state index is 5.66. The van der Waals surface area contributed by atoms with Gasteiger partial charge >= 0.3 is 0 Å². The summed E-state index contributed by atoms with van der Waals surface area (Å²) in [6.07, 6.45) is 2.56. The normalized spacial score (nSPS) is 20.6. The van der Waals surface area contributed by atoms with E-state index in [4.69, 9.17) is 9.47 Å². The standard InChI is InChI=1S/C11H17BrN2O2/c1-8-11(12)10(14(2)13-8)7-15-6-9-4-3-5-16-9/h9H,3-7H2,1-2H3. The van der Waals surface area contributed by atoms with E-state index in [-0.39, 0.29) is 6.10 Å². The second-order valence-corrected chi connectivity index (χ2v) is 4.91. The SMILES string of the molecule is Cc1nn(C)c(COCC2CCCO2)c1Br. The number of ether oxygens (including phenoxy) is 2. The van der Waals surface area contributed by atoms with Gasteiger partial charge in [-0.05, 0) is 35.7 Å². The van der Waals surface area contributed by atoms with Crippen LogP contribution in [0.2, 0.25) is 0 Å². The lowest BCUT2D eigenvalue weighted by atomic mass is 10.2. The van der Waals surface area contributed by atoms with Crippen molar-refractivity contribution in [3.8, 4) is 0 Å². The van der Waals surface area contributed by atoms with Crippen LogP contribution < -0.4 is 0 Å². The van der Waals surface area contributed by atoms with Gasteiger partial charge < -0.3 is 9.47 Å². The predicted octanol–water partition coefficient (Wildman–Crippen LogP) is 2.19. The Bertz CT molecular complexity index is 359. The number of hydrogen-bond acceptors (Lipinski definition) is 3. The van der Waals surface area contributed by atoms with Crippen molar-refractivity contribution in [3.63, 3.8) is 0 Å². The van der Waals surface area contributed by atoms with Gasteiger partial charge in [-0.3, -0.25) is 4.68 Å². The summed E-state index contributed by atoms with van der Waals surface area (Å²) in [6, 6.07) is 0. The highest BCUT2D eigenvalue weighted by Gasteiger charge is 2.16. The molecule has 2 rings (SSSR count). The Balaban J connectivity index is 1.84. The van der Waals surface area contributed by atoms with Crippen molar-refractivity contribution < 1.29 is 9.47 Å². The number of rotatable bonds is 4. The zero-order chi connectivity index (χ0) is 11.5. The highest BCUT2D eigenvalue weighted by molar-refractivity contribution is 9.10. The molecule has 4 nitrogen and oxygen atoms in total. The third-order valence-corrected chi connectivity index (χ3v) is 3.86. The summed E-state index contributed by atoms with van der Waals surface area (Å²) < 4.78 is 14.1. The Labute approximate surface area is 104 Å². The number of nitrogens with zero attached hydrogens (tertiary/aromatic N) is 2. The quantitative estimate of drug-likeness (QED) is 0.852. The van der Waals surface area contributed by atoms with Crippen LogP contribution in [-0.2, 0) is 23.1 Å². The van der Waals surface area contributed by atoms with Crippen LogP contribution in [0.15, 0.2) is 4.47 Å². The molecule has 0 bridgehead atoms. The van der Waals surface area contributed by atoms with Crippen LogP contribution in [0.5, 0.6) is 0 Å². The fraction of sp³-hybridized carbons (Fsp3) is 0.727. The topological polar surface area (TPSA) is 36.3 Å². The Kier molecular flexibility index (Phi) is 4.00. The van der Waals surface area contributed by atoms with Crippen LogP contribution in [0, 0.1) is 6.92 Å². The van der Waals surface area contributed by atoms with E-state index in [1.54, 1.807) is 0 Å². The average molecular weight is 289 g/mol. The van der Waals surface area contributed by atoms with Crippen LogP contribution in [-0.4, -0.2) is 29.1 Å². The summed E-state index contributed by atoms with van der Waals surface area (Å²) in [5.74, 6) is 0. The van der Waals surface area contributed by atoms with Crippen LogP contribution in [0.1, 0.15) is 24.2 Å². The van der Waals surface area contributed by atoms with Crippen LogP contribution >= 0.6 is 15.9 Å². The molecule has 0 aliphatic carbocycles. The molecular weight excluding hydrogens is 272 g/mol. The van der Waals surface area contributed by atoms with Crippen LogP contribution in [0.25, 0.3) is 0 Å². The smallest absolute Gasteiger partial charge is 0.0897 e. The molecule has 5 heteroatoms. The Morgan fingerprint density at radius 1 is 1.62 bits per heavy atom. The fourth-order valence-corrected chi connectivity index (χ4v) is 2.35. The fourth-order valence-electron chi connectivity index (χ4n) is 1.90. The van der Waals surface area contributed by atoms with Gasteiger partial charge in [0.05, 0.1) is 35.2 Å². The molecule has 1 saturated heterocycles. The van der Waals surface area contributed by atoms with E-state index in [0.717, 1.165) is 35.3 Å². The van der Waals surface area contributed by atoms with Crippen molar-refractivity contribution in [2.24, 2.45) is 7.05 Å². The van der Waals surface area contributed by atoms with Crippen molar-refractivity contribution in [3.05, 3.63) is 15.9 Å². The van der Waals surface area contributed by atoms with Crippen molar-refractivity contribution in [1.82, 2.24) is 9.78 Å². The monoisotopic (exact) mass is 288 g/mol. The zero-order valence-electron chi connectivity index (χ0n) is 9.70. The third-order valence-electron chi connectivity index (χ3n) is 2.83. The lowest BCUT2D eigenvalue weighted by Crippen LogP contribution is -2.14. The summed E-state index contributed by atoms with van der Waals surface area (Å²) in [6.45, 7) is 4.12. The molecule has 1 unspecified atom stereocenters. The maximum absolute atomic E-state index is 5.66. The number of aryl methyl sites for hydroxylation is 2. The lowest BCUT2D eigenvalue weighted by Gasteiger charge is -2.10. The second kappa shape index (κ2) is 5.29. The molecule has 1 fully saturated rings. The summed E-state index contributed by atoms with van der Waals surface area (Å²) >= 11 is 3.52. The first-order valence-corrected chi connectivity index (χ1v) is 6.35. The summed E-state index contributed by atoms with van der Waals surface area (Å²) in [4.78, 5) is 0. The molecule has 2 heterocycles. The van der Waals surface area contributed by atoms with Crippen LogP contribution in [0.4, 0.5) is 0 Å². The molecule has 1 aromatic rings. The second-order valence-electron chi connectivity index (χ2n) is 4.12. The molecule has 0 aromatic carbocycles. The molecule has 0 spiro atoms. The first-order chi connectivity index (χ1) is 7.68. The third kappa shape index (κ3) is 2.64. The van der Waals surface area contributed by atoms with E-state index in [2.05, 4.69) is 21.0 Å². The predicted molar refractivity (Wildman–Crippen MR) is 64.3 cm³/mol. The molecule has 1 aromatic heterocycles. The van der Waals surface area contributed by atoms with Crippen molar-refractivity contribution >= 4 is 15.9 Å². The molecule has 90 valence electrons. The van der Waals surface area contributed by atoms with E-state index in [9.17, 15) is 0 Å². The van der Waals surface area contributed by atoms with Crippen molar-refractivity contribution in [1.29, 1.82) is 0 Å². The Morgan fingerprint density at radius 3 is 3.00 bits per heavy atom. The van der Waals surface area contributed by atoms with Crippen LogP contribution in [0.3, 0.4) is 0 Å². The molecule has 1 aliphatic rings. The molecule has 0 N–H and O–H groups in total. The van der Waals surface area contributed by atoms with Gasteiger partial charge in [0.2, 0.25) is 0 Å². The summed E-state index contributed by atoms with van der Waals surface area (Å²) in [5.41, 5.74) is 2.08. The number of hydrogen-bond donors (Lipinski definition) is 0. The number of aromatic nitrogens is 2. The van der Waals surface area contributed by atoms with Gasteiger partial charge in [-0.15, -0.1) is 0 Å². The van der Waals surface area contributed by atoms with E-state index >= 15 is 0 Å². The number of halogens is 1. The first-order valence-electron chi connectivity index (χ1n) is 5.56. The van der Waals surface area contributed by atoms with Gasteiger partial charge in [0.15, 0.2) is 0 Å². The molecule has 0 amide bonds. The van der Waals surface area contributed by atoms with Gasteiger partial charge in [-0.2, -0.15) is 5.10 Å². The van der Waals surface area contributed by atoms with Crippen molar-refractivity contribution in [2.75, 3.05) is 13.2 Å². The summed E-state index contributed by atoms with van der Waals surface area (Å²) in [5, 5.41) is 4.32. The highest BCUT2D eigenvalue weighted by Crippen LogP contribution is 2.21. The lowest BCUT2D eigenvalue weighted by molar-refractivity contribution is 0.00867. The minimum atomic E-state index is 0.285. The van der Waals surface area contributed by atoms with E-state index in [0.29, 0.717) is 13.2 Å². The maximum Gasteiger partial charge on any atom is 0.0897 e. The molecule has 16 heavy (non-hydrogen) atoms. The summed E-state index contributed by atoms with van der Waals surface area (Å²) in [7, 11) is 1.93. The molecule has 0 saturated carbocycles. The van der Waals surface area contributed by atoms with Crippen molar-refractivity contribution in [2.45, 2.75) is 32.5 Å². The van der Waals surface area contributed by atoms with E-state index < -0.39 is 0 Å². The first kappa shape index (κ1) is 12.1. The van der Waals surface area contributed by atoms with Gasteiger partial charge in [-0.1, -0.05) is 0 Å². The van der Waals surface area contributed by atoms with Gasteiger partial charge in [-0.25, -0.2) is 0 Å². The molecule has 1 aliphatic heterocycles. The minimum Gasteiger partial charge on any atom is -0.376 e. The Morgan fingerprint density at radius 2 is 2.44 bits per heavy atom. The molecule has 1 atom stereocenters. The Hall–Kier alpha value is -0.390. The van der Waals surface area contributed by atoms with Gasteiger partial charge in [0, 0.05) is 13.7 Å². The molecule has 0 radical (unpaired) electrons. The average Bonchev–Trinajstić information content (AvgIpc) is 2.82. The molecular formula is C11H17BrN2O2. The highest BCUT2D eigenvalue weighted by atomic mass is 79.9. The van der Waals surface area contributed by atoms with E-state index in [1.165, 1.54) is 0 Å². The largest absolute Gasteiger partial charge is 0.376 e. The minimum absolute atomic E-state index is 0.285. The zero-order valence-corrected chi connectivity index (χ0v) is 11.3. The van der Waals surface area contributed by atoms with E-state index in [1.807, 2.05) is 18.7 Å². The van der Waals surface area contributed by atoms with Gasteiger partial charge in [0.1, 0.15) is 0 Å².